The Morgan fingerprint density at radius 1 is 1.24 bits per heavy atom. The van der Waals surface area contributed by atoms with E-state index in [2.05, 4.69) is 29.6 Å². The summed E-state index contributed by atoms with van der Waals surface area (Å²) in [7, 11) is 0. The van der Waals surface area contributed by atoms with Crippen molar-refractivity contribution < 1.29 is 0 Å². The number of aryl methyl sites for hydroxylation is 1. The van der Waals surface area contributed by atoms with Crippen LogP contribution in [-0.4, -0.2) is 6.04 Å². The largest absolute Gasteiger partial charge is 0.379 e. The minimum atomic E-state index is 0.453. The van der Waals surface area contributed by atoms with Gasteiger partial charge >= 0.3 is 0 Å². The van der Waals surface area contributed by atoms with Gasteiger partial charge in [-0.1, -0.05) is 42.7 Å². The second-order valence-electron chi connectivity index (χ2n) is 4.78. The van der Waals surface area contributed by atoms with Crippen LogP contribution < -0.4 is 5.32 Å². The SMILES string of the molecule is Cc1ccc(NC2/C=C/CCCCC2)cc1Cl. The van der Waals surface area contributed by atoms with E-state index < -0.39 is 0 Å². The molecule has 1 unspecified atom stereocenters. The van der Waals surface area contributed by atoms with E-state index in [0.717, 1.165) is 16.3 Å². The van der Waals surface area contributed by atoms with E-state index in [1.54, 1.807) is 0 Å². The molecule has 1 N–H and O–H groups in total. The van der Waals surface area contributed by atoms with Crippen LogP contribution in [0.3, 0.4) is 0 Å². The minimum Gasteiger partial charge on any atom is -0.379 e. The molecule has 1 nitrogen and oxygen atoms in total. The molecule has 0 saturated carbocycles. The van der Waals surface area contributed by atoms with Gasteiger partial charge in [0.2, 0.25) is 0 Å². The van der Waals surface area contributed by atoms with Gasteiger partial charge in [-0.05, 0) is 43.9 Å². The Morgan fingerprint density at radius 2 is 2.12 bits per heavy atom. The maximum absolute atomic E-state index is 6.13. The first kappa shape index (κ1) is 12.5. The maximum Gasteiger partial charge on any atom is 0.0455 e. The van der Waals surface area contributed by atoms with Crippen molar-refractivity contribution in [3.05, 3.63) is 40.9 Å². The van der Waals surface area contributed by atoms with Crippen molar-refractivity contribution in [2.75, 3.05) is 5.32 Å². The van der Waals surface area contributed by atoms with E-state index in [-0.39, 0.29) is 0 Å². The first-order valence-corrected chi connectivity index (χ1v) is 6.83. The number of hydrogen-bond donors (Lipinski definition) is 1. The molecule has 0 aliphatic heterocycles. The standard InChI is InChI=1S/C15H20ClN/c1-12-9-10-14(11-15(12)16)17-13-7-5-3-2-4-6-8-13/h5,7,9-11,13,17H,2-4,6,8H2,1H3/b7-5+. The molecule has 0 bridgehead atoms. The zero-order chi connectivity index (χ0) is 12.1. The van der Waals surface area contributed by atoms with Crippen LogP contribution in [0.2, 0.25) is 5.02 Å². The number of rotatable bonds is 2. The monoisotopic (exact) mass is 249 g/mol. The lowest BCUT2D eigenvalue weighted by Gasteiger charge is -2.18. The van der Waals surface area contributed by atoms with Gasteiger partial charge in [0.05, 0.1) is 0 Å². The average Bonchev–Trinajstić information content (AvgIpc) is 2.27. The molecule has 1 aliphatic carbocycles. The third-order valence-corrected chi connectivity index (χ3v) is 3.69. The van der Waals surface area contributed by atoms with Crippen LogP contribution in [0.15, 0.2) is 30.4 Å². The van der Waals surface area contributed by atoms with Crippen LogP contribution in [0.1, 0.15) is 37.7 Å². The smallest absolute Gasteiger partial charge is 0.0455 e. The zero-order valence-corrected chi connectivity index (χ0v) is 11.1. The molecular formula is C15H20ClN. The number of anilines is 1. The molecule has 1 atom stereocenters. The van der Waals surface area contributed by atoms with Gasteiger partial charge in [0.25, 0.3) is 0 Å². The minimum absolute atomic E-state index is 0.453. The quantitative estimate of drug-likeness (QED) is 0.732. The summed E-state index contributed by atoms with van der Waals surface area (Å²) in [5.74, 6) is 0. The zero-order valence-electron chi connectivity index (χ0n) is 10.4. The van der Waals surface area contributed by atoms with Gasteiger partial charge < -0.3 is 5.32 Å². The maximum atomic E-state index is 6.13. The lowest BCUT2D eigenvalue weighted by Crippen LogP contribution is -2.17. The van der Waals surface area contributed by atoms with E-state index in [4.69, 9.17) is 11.6 Å². The Morgan fingerprint density at radius 3 is 2.94 bits per heavy atom. The molecule has 1 aromatic rings. The van der Waals surface area contributed by atoms with Crippen LogP contribution in [0.4, 0.5) is 5.69 Å². The van der Waals surface area contributed by atoms with E-state index in [9.17, 15) is 0 Å². The lowest BCUT2D eigenvalue weighted by molar-refractivity contribution is 0.610. The van der Waals surface area contributed by atoms with E-state index in [0.29, 0.717) is 6.04 Å². The molecule has 0 amide bonds. The fourth-order valence-electron chi connectivity index (χ4n) is 2.18. The summed E-state index contributed by atoms with van der Waals surface area (Å²) >= 11 is 6.13. The molecular weight excluding hydrogens is 230 g/mol. The highest BCUT2D eigenvalue weighted by Gasteiger charge is 2.07. The normalized spacial score (nSPS) is 22.6. The molecule has 17 heavy (non-hydrogen) atoms. The van der Waals surface area contributed by atoms with Crippen LogP contribution >= 0.6 is 11.6 Å². The van der Waals surface area contributed by atoms with Crippen molar-refractivity contribution in [3.63, 3.8) is 0 Å². The highest BCUT2D eigenvalue weighted by Crippen LogP contribution is 2.22. The topological polar surface area (TPSA) is 12.0 Å². The molecule has 2 rings (SSSR count). The van der Waals surface area contributed by atoms with Crippen molar-refractivity contribution in [2.24, 2.45) is 0 Å². The first-order valence-electron chi connectivity index (χ1n) is 6.45. The van der Waals surface area contributed by atoms with Crippen molar-refractivity contribution in [1.29, 1.82) is 0 Å². The summed E-state index contributed by atoms with van der Waals surface area (Å²) in [5.41, 5.74) is 2.25. The molecule has 2 heteroatoms. The molecule has 0 aromatic heterocycles. The molecule has 0 heterocycles. The van der Waals surface area contributed by atoms with Crippen LogP contribution in [0, 0.1) is 6.92 Å². The van der Waals surface area contributed by atoms with Crippen LogP contribution in [0.5, 0.6) is 0 Å². The summed E-state index contributed by atoms with van der Waals surface area (Å²) in [6.07, 6.45) is 11.0. The number of halogens is 1. The summed E-state index contributed by atoms with van der Waals surface area (Å²) in [6.45, 7) is 2.03. The van der Waals surface area contributed by atoms with E-state index in [1.165, 1.54) is 32.1 Å². The molecule has 0 fully saturated rings. The van der Waals surface area contributed by atoms with E-state index >= 15 is 0 Å². The average molecular weight is 250 g/mol. The Kier molecular flexibility index (Phi) is 4.49. The van der Waals surface area contributed by atoms with Gasteiger partial charge in [-0.3, -0.25) is 0 Å². The van der Waals surface area contributed by atoms with Gasteiger partial charge in [-0.2, -0.15) is 0 Å². The summed E-state index contributed by atoms with van der Waals surface area (Å²) in [6, 6.07) is 6.64. The van der Waals surface area contributed by atoms with Gasteiger partial charge in [0.15, 0.2) is 0 Å². The number of hydrogen-bond acceptors (Lipinski definition) is 1. The lowest BCUT2D eigenvalue weighted by atomic mass is 10.0. The fraction of sp³-hybridized carbons (Fsp3) is 0.467. The van der Waals surface area contributed by atoms with E-state index in [1.807, 2.05) is 13.0 Å². The van der Waals surface area contributed by atoms with Gasteiger partial charge in [0.1, 0.15) is 0 Å². The Bertz CT molecular complexity index is 398. The predicted molar refractivity (Wildman–Crippen MR) is 75.8 cm³/mol. The summed E-state index contributed by atoms with van der Waals surface area (Å²) in [5, 5.41) is 4.38. The summed E-state index contributed by atoms with van der Waals surface area (Å²) < 4.78 is 0. The van der Waals surface area contributed by atoms with Gasteiger partial charge in [-0.15, -0.1) is 0 Å². The Labute approximate surface area is 109 Å². The molecule has 92 valence electrons. The molecule has 0 saturated heterocycles. The van der Waals surface area contributed by atoms with Crippen LogP contribution in [0.25, 0.3) is 0 Å². The van der Waals surface area contributed by atoms with Crippen molar-refractivity contribution >= 4 is 17.3 Å². The van der Waals surface area contributed by atoms with Gasteiger partial charge in [-0.25, -0.2) is 0 Å². The Balaban J connectivity index is 2.03. The third kappa shape index (κ3) is 3.78. The highest BCUT2D eigenvalue weighted by atomic mass is 35.5. The molecule has 1 aliphatic rings. The van der Waals surface area contributed by atoms with Crippen molar-refractivity contribution in [2.45, 2.75) is 45.1 Å². The number of benzene rings is 1. The highest BCUT2D eigenvalue weighted by molar-refractivity contribution is 6.31. The number of allylic oxidation sites excluding steroid dienone is 1. The summed E-state index contributed by atoms with van der Waals surface area (Å²) in [4.78, 5) is 0. The van der Waals surface area contributed by atoms with Crippen molar-refractivity contribution in [1.82, 2.24) is 0 Å². The molecule has 0 spiro atoms. The first-order chi connectivity index (χ1) is 8.25. The van der Waals surface area contributed by atoms with Crippen LogP contribution in [-0.2, 0) is 0 Å². The second kappa shape index (κ2) is 6.11. The van der Waals surface area contributed by atoms with Crippen molar-refractivity contribution in [3.8, 4) is 0 Å². The number of nitrogens with one attached hydrogen (secondary N) is 1. The predicted octanol–water partition coefficient (Wildman–Crippen LogP) is 4.95. The fourth-order valence-corrected chi connectivity index (χ4v) is 2.36. The van der Waals surface area contributed by atoms with Gasteiger partial charge in [0, 0.05) is 16.8 Å². The Hall–Kier alpha value is -0.950. The third-order valence-electron chi connectivity index (χ3n) is 3.28. The molecule has 0 radical (unpaired) electrons. The molecule has 1 aromatic carbocycles. The second-order valence-corrected chi connectivity index (χ2v) is 5.19.